The summed E-state index contributed by atoms with van der Waals surface area (Å²) < 4.78 is 5.39. The number of hydrogen-bond donors (Lipinski definition) is 1. The van der Waals surface area contributed by atoms with Crippen molar-refractivity contribution in [1.82, 2.24) is 5.32 Å². The standard InChI is InChI=1S/C14H17Cl2NO2/c15-10-6-11(16)8-13(7-10)19-9-14(18)17-12-4-2-1-3-5-12/h6-8,12H,1-5,9H2,(H,17,18). The largest absolute Gasteiger partial charge is 0.484 e. The van der Waals surface area contributed by atoms with Crippen LogP contribution >= 0.6 is 23.2 Å². The van der Waals surface area contributed by atoms with Gasteiger partial charge in [0.1, 0.15) is 5.75 Å². The molecule has 1 N–H and O–H groups in total. The number of benzene rings is 1. The van der Waals surface area contributed by atoms with Crippen molar-refractivity contribution in [2.24, 2.45) is 0 Å². The van der Waals surface area contributed by atoms with Crippen LogP contribution in [0.3, 0.4) is 0 Å². The van der Waals surface area contributed by atoms with E-state index in [-0.39, 0.29) is 12.5 Å². The van der Waals surface area contributed by atoms with Crippen molar-refractivity contribution in [2.75, 3.05) is 6.61 Å². The van der Waals surface area contributed by atoms with Crippen molar-refractivity contribution in [1.29, 1.82) is 0 Å². The molecule has 0 spiro atoms. The van der Waals surface area contributed by atoms with E-state index in [1.54, 1.807) is 18.2 Å². The Morgan fingerprint density at radius 3 is 2.42 bits per heavy atom. The van der Waals surface area contributed by atoms with Gasteiger partial charge >= 0.3 is 0 Å². The zero-order valence-corrected chi connectivity index (χ0v) is 12.1. The van der Waals surface area contributed by atoms with Crippen molar-refractivity contribution >= 4 is 29.1 Å². The van der Waals surface area contributed by atoms with Crippen LogP contribution in [0.25, 0.3) is 0 Å². The van der Waals surface area contributed by atoms with Crippen molar-refractivity contribution in [2.45, 2.75) is 38.1 Å². The molecule has 0 atom stereocenters. The normalized spacial score (nSPS) is 16.1. The topological polar surface area (TPSA) is 38.3 Å². The first-order valence-corrected chi connectivity index (χ1v) is 7.27. The highest BCUT2D eigenvalue weighted by atomic mass is 35.5. The van der Waals surface area contributed by atoms with Gasteiger partial charge in [-0.05, 0) is 31.0 Å². The molecule has 104 valence electrons. The quantitative estimate of drug-likeness (QED) is 0.918. The van der Waals surface area contributed by atoms with E-state index in [4.69, 9.17) is 27.9 Å². The second kappa shape index (κ2) is 7.01. The monoisotopic (exact) mass is 301 g/mol. The van der Waals surface area contributed by atoms with E-state index in [0.717, 1.165) is 12.8 Å². The van der Waals surface area contributed by atoms with Crippen molar-refractivity contribution in [3.63, 3.8) is 0 Å². The van der Waals surface area contributed by atoms with Crippen LogP contribution in [0.15, 0.2) is 18.2 Å². The molecule has 0 saturated heterocycles. The molecule has 2 rings (SSSR count). The molecule has 0 unspecified atom stereocenters. The first-order chi connectivity index (χ1) is 9.13. The van der Waals surface area contributed by atoms with Crippen molar-refractivity contribution in [3.05, 3.63) is 28.2 Å². The molecule has 5 heteroatoms. The molecule has 1 aromatic rings. The second-order valence-corrected chi connectivity index (χ2v) is 5.67. The lowest BCUT2D eigenvalue weighted by Gasteiger charge is -2.22. The predicted octanol–water partition coefficient (Wildman–Crippen LogP) is 3.82. The molecule has 1 aromatic carbocycles. The lowest BCUT2D eigenvalue weighted by Crippen LogP contribution is -2.38. The summed E-state index contributed by atoms with van der Waals surface area (Å²) in [6.45, 7) is -0.00677. The summed E-state index contributed by atoms with van der Waals surface area (Å²) in [5.74, 6) is 0.416. The first kappa shape index (κ1) is 14.5. The molecule has 1 aliphatic rings. The van der Waals surface area contributed by atoms with Gasteiger partial charge in [-0.25, -0.2) is 0 Å². The minimum absolute atomic E-state index is 0.00677. The number of amides is 1. The Bertz CT molecular complexity index is 425. The van der Waals surface area contributed by atoms with Gasteiger partial charge in [-0.1, -0.05) is 42.5 Å². The lowest BCUT2D eigenvalue weighted by molar-refractivity contribution is -0.124. The molecule has 0 aromatic heterocycles. The third-order valence-electron chi connectivity index (χ3n) is 3.18. The summed E-state index contributed by atoms with van der Waals surface area (Å²) in [5.41, 5.74) is 0. The van der Waals surface area contributed by atoms with E-state index in [1.165, 1.54) is 19.3 Å². The number of rotatable bonds is 4. The van der Waals surface area contributed by atoms with Gasteiger partial charge in [-0.15, -0.1) is 0 Å². The van der Waals surface area contributed by atoms with Crippen LogP contribution in [0.4, 0.5) is 0 Å². The third-order valence-corrected chi connectivity index (χ3v) is 3.61. The third kappa shape index (κ3) is 4.92. The average Bonchev–Trinajstić information content (AvgIpc) is 2.36. The van der Waals surface area contributed by atoms with Crippen molar-refractivity contribution in [3.8, 4) is 5.75 Å². The number of nitrogens with one attached hydrogen (secondary N) is 1. The number of carbonyl (C=O) groups is 1. The van der Waals surface area contributed by atoms with Crippen LogP contribution in [0.2, 0.25) is 10.0 Å². The summed E-state index contributed by atoms with van der Waals surface area (Å²) in [5, 5.41) is 3.98. The Balaban J connectivity index is 1.79. The van der Waals surface area contributed by atoms with Crippen LogP contribution < -0.4 is 10.1 Å². The highest BCUT2D eigenvalue weighted by molar-refractivity contribution is 6.34. The van der Waals surface area contributed by atoms with Gasteiger partial charge in [0.05, 0.1) is 0 Å². The SMILES string of the molecule is O=C(COc1cc(Cl)cc(Cl)c1)NC1CCCCC1. The highest BCUT2D eigenvalue weighted by Crippen LogP contribution is 2.24. The van der Waals surface area contributed by atoms with E-state index >= 15 is 0 Å². The predicted molar refractivity (Wildman–Crippen MR) is 77.0 cm³/mol. The maximum Gasteiger partial charge on any atom is 0.258 e. The minimum Gasteiger partial charge on any atom is -0.484 e. The molecule has 0 heterocycles. The Hall–Kier alpha value is -0.930. The van der Waals surface area contributed by atoms with Gasteiger partial charge in [0, 0.05) is 16.1 Å². The van der Waals surface area contributed by atoms with Gasteiger partial charge < -0.3 is 10.1 Å². The smallest absolute Gasteiger partial charge is 0.258 e. The van der Waals surface area contributed by atoms with Crippen LogP contribution in [-0.4, -0.2) is 18.6 Å². The Morgan fingerprint density at radius 1 is 1.16 bits per heavy atom. The molecule has 0 radical (unpaired) electrons. The van der Waals surface area contributed by atoms with Gasteiger partial charge in [-0.3, -0.25) is 4.79 Å². The Morgan fingerprint density at radius 2 is 1.79 bits per heavy atom. The summed E-state index contributed by atoms with van der Waals surface area (Å²) in [6, 6.07) is 5.20. The Labute approximate surface area is 123 Å². The maximum atomic E-state index is 11.8. The summed E-state index contributed by atoms with van der Waals surface area (Å²) in [6.07, 6.45) is 5.78. The van der Waals surface area contributed by atoms with E-state index < -0.39 is 0 Å². The Kier molecular flexibility index (Phi) is 5.34. The molecular weight excluding hydrogens is 285 g/mol. The van der Waals surface area contributed by atoms with E-state index in [2.05, 4.69) is 5.32 Å². The molecule has 19 heavy (non-hydrogen) atoms. The number of ether oxygens (including phenoxy) is 1. The summed E-state index contributed by atoms with van der Waals surface area (Å²) >= 11 is 11.7. The van der Waals surface area contributed by atoms with E-state index in [9.17, 15) is 4.79 Å². The van der Waals surface area contributed by atoms with Gasteiger partial charge in [-0.2, -0.15) is 0 Å². The van der Waals surface area contributed by atoms with Crippen LogP contribution in [-0.2, 0) is 4.79 Å². The molecule has 0 aliphatic heterocycles. The lowest BCUT2D eigenvalue weighted by atomic mass is 9.95. The van der Waals surface area contributed by atoms with Crippen molar-refractivity contribution < 1.29 is 9.53 Å². The fourth-order valence-corrected chi connectivity index (χ4v) is 2.78. The molecule has 1 aliphatic carbocycles. The molecule has 3 nitrogen and oxygen atoms in total. The van der Waals surface area contributed by atoms with E-state index in [1.807, 2.05) is 0 Å². The summed E-state index contributed by atoms with van der Waals surface area (Å²) in [7, 11) is 0. The molecule has 1 saturated carbocycles. The van der Waals surface area contributed by atoms with Gasteiger partial charge in [0.25, 0.3) is 5.91 Å². The van der Waals surface area contributed by atoms with Gasteiger partial charge in [0.2, 0.25) is 0 Å². The fraction of sp³-hybridized carbons (Fsp3) is 0.500. The minimum atomic E-state index is -0.0944. The molecular formula is C14H17Cl2NO2. The van der Waals surface area contributed by atoms with Crippen LogP contribution in [0, 0.1) is 0 Å². The maximum absolute atomic E-state index is 11.8. The molecule has 1 amide bonds. The first-order valence-electron chi connectivity index (χ1n) is 6.52. The fourth-order valence-electron chi connectivity index (χ4n) is 2.28. The molecule has 1 fully saturated rings. The van der Waals surface area contributed by atoms with Crippen LogP contribution in [0.1, 0.15) is 32.1 Å². The zero-order valence-electron chi connectivity index (χ0n) is 10.6. The zero-order chi connectivity index (χ0) is 13.7. The molecule has 0 bridgehead atoms. The number of halogens is 2. The summed E-state index contributed by atoms with van der Waals surface area (Å²) in [4.78, 5) is 11.8. The second-order valence-electron chi connectivity index (χ2n) is 4.80. The average molecular weight is 302 g/mol. The number of carbonyl (C=O) groups excluding carboxylic acids is 1. The van der Waals surface area contributed by atoms with Gasteiger partial charge in [0.15, 0.2) is 6.61 Å². The van der Waals surface area contributed by atoms with Crippen LogP contribution in [0.5, 0.6) is 5.75 Å². The number of hydrogen-bond acceptors (Lipinski definition) is 2. The highest BCUT2D eigenvalue weighted by Gasteiger charge is 2.15. The van der Waals surface area contributed by atoms with E-state index in [0.29, 0.717) is 21.8 Å².